The van der Waals surface area contributed by atoms with Crippen LogP contribution in [0, 0.1) is 13.8 Å². The molecule has 2 aromatic carbocycles. The Kier molecular flexibility index (Phi) is 6.78. The minimum absolute atomic E-state index is 0.0624. The van der Waals surface area contributed by atoms with Gasteiger partial charge in [0.1, 0.15) is 5.75 Å². The summed E-state index contributed by atoms with van der Waals surface area (Å²) in [5.41, 5.74) is 3.71. The second-order valence-electron chi connectivity index (χ2n) is 6.27. The van der Waals surface area contributed by atoms with Crippen LogP contribution in [0.2, 0.25) is 0 Å². The quantitative estimate of drug-likeness (QED) is 0.802. The molecule has 2 amide bonds. The second-order valence-corrected chi connectivity index (χ2v) is 6.27. The first-order chi connectivity index (χ1) is 12.4. The number of carbonyl (C=O) groups is 2. The van der Waals surface area contributed by atoms with E-state index in [1.807, 2.05) is 64.1 Å². The van der Waals surface area contributed by atoms with E-state index in [-0.39, 0.29) is 24.4 Å². The third-order valence-corrected chi connectivity index (χ3v) is 4.25. The Labute approximate surface area is 154 Å². The number of carbonyl (C=O) groups excluding carboxylic acids is 2. The molecule has 0 aromatic heterocycles. The van der Waals surface area contributed by atoms with Gasteiger partial charge in [-0.05, 0) is 68.7 Å². The van der Waals surface area contributed by atoms with Crippen molar-refractivity contribution < 1.29 is 14.3 Å². The Morgan fingerprint density at radius 2 is 1.73 bits per heavy atom. The van der Waals surface area contributed by atoms with E-state index in [4.69, 9.17) is 4.74 Å². The summed E-state index contributed by atoms with van der Waals surface area (Å²) >= 11 is 0. The highest BCUT2D eigenvalue weighted by molar-refractivity contribution is 5.96. The molecular weight excluding hydrogens is 328 g/mol. The summed E-state index contributed by atoms with van der Waals surface area (Å²) in [4.78, 5) is 24.3. The molecule has 0 aliphatic heterocycles. The topological polar surface area (TPSA) is 67.4 Å². The number of benzene rings is 2. The van der Waals surface area contributed by atoms with Gasteiger partial charge >= 0.3 is 0 Å². The fourth-order valence-electron chi connectivity index (χ4n) is 2.54. The smallest absolute Gasteiger partial charge is 0.251 e. The van der Waals surface area contributed by atoms with Crippen LogP contribution in [0.5, 0.6) is 5.75 Å². The predicted octanol–water partition coefficient (Wildman–Crippen LogP) is 3.31. The molecule has 5 heteroatoms. The Morgan fingerprint density at radius 3 is 2.35 bits per heavy atom. The van der Waals surface area contributed by atoms with E-state index in [1.165, 1.54) is 0 Å². The standard InChI is InChI=1S/C21H26N2O3/c1-5-26-19-10-8-17(9-11-19)16(4)23-20(24)13-22-21(25)18-7-6-14(2)15(3)12-18/h6-12,16H,5,13H2,1-4H3,(H,22,25)(H,23,24). The molecule has 138 valence electrons. The lowest BCUT2D eigenvalue weighted by molar-refractivity contribution is -0.120. The molecule has 2 aromatic rings. The molecule has 0 aliphatic carbocycles. The summed E-state index contributed by atoms with van der Waals surface area (Å²) in [7, 11) is 0. The number of hydrogen-bond acceptors (Lipinski definition) is 3. The van der Waals surface area contributed by atoms with Gasteiger partial charge in [0.15, 0.2) is 0 Å². The highest BCUT2D eigenvalue weighted by Gasteiger charge is 2.12. The van der Waals surface area contributed by atoms with Gasteiger partial charge in [-0.15, -0.1) is 0 Å². The lowest BCUT2D eigenvalue weighted by Gasteiger charge is -2.15. The third-order valence-electron chi connectivity index (χ3n) is 4.25. The molecule has 0 saturated heterocycles. The minimum Gasteiger partial charge on any atom is -0.494 e. The van der Waals surface area contributed by atoms with E-state index in [0.717, 1.165) is 22.4 Å². The molecule has 0 aliphatic rings. The van der Waals surface area contributed by atoms with Crippen LogP contribution >= 0.6 is 0 Å². The van der Waals surface area contributed by atoms with Crippen molar-refractivity contribution in [2.75, 3.05) is 13.2 Å². The third kappa shape index (κ3) is 5.34. The van der Waals surface area contributed by atoms with E-state index in [2.05, 4.69) is 10.6 Å². The molecule has 0 heterocycles. The van der Waals surface area contributed by atoms with Crippen LogP contribution < -0.4 is 15.4 Å². The molecule has 1 atom stereocenters. The van der Waals surface area contributed by atoms with Crippen molar-refractivity contribution in [1.29, 1.82) is 0 Å². The van der Waals surface area contributed by atoms with Gasteiger partial charge in [0.2, 0.25) is 5.91 Å². The van der Waals surface area contributed by atoms with Crippen LogP contribution in [0.15, 0.2) is 42.5 Å². The van der Waals surface area contributed by atoms with Crippen molar-refractivity contribution in [1.82, 2.24) is 10.6 Å². The van der Waals surface area contributed by atoms with E-state index in [9.17, 15) is 9.59 Å². The molecule has 0 fully saturated rings. The van der Waals surface area contributed by atoms with Crippen LogP contribution in [-0.2, 0) is 4.79 Å². The monoisotopic (exact) mass is 354 g/mol. The van der Waals surface area contributed by atoms with Crippen molar-refractivity contribution >= 4 is 11.8 Å². The van der Waals surface area contributed by atoms with Crippen molar-refractivity contribution in [3.63, 3.8) is 0 Å². The molecule has 0 bridgehead atoms. The Bertz CT molecular complexity index is 769. The number of aryl methyl sites for hydroxylation is 2. The summed E-state index contributed by atoms with van der Waals surface area (Å²) in [5.74, 6) is 0.316. The summed E-state index contributed by atoms with van der Waals surface area (Å²) in [5, 5.41) is 5.54. The number of ether oxygens (including phenoxy) is 1. The molecule has 2 rings (SSSR count). The van der Waals surface area contributed by atoms with Crippen LogP contribution in [0.25, 0.3) is 0 Å². The lowest BCUT2D eigenvalue weighted by atomic mass is 10.1. The predicted molar refractivity (Wildman–Crippen MR) is 102 cm³/mol. The van der Waals surface area contributed by atoms with Gasteiger partial charge in [0.25, 0.3) is 5.91 Å². The van der Waals surface area contributed by atoms with Crippen molar-refractivity contribution in [2.45, 2.75) is 33.7 Å². The van der Waals surface area contributed by atoms with E-state index < -0.39 is 0 Å². The summed E-state index contributed by atoms with van der Waals surface area (Å²) in [6, 6.07) is 12.9. The first-order valence-corrected chi connectivity index (χ1v) is 8.78. The van der Waals surface area contributed by atoms with Crippen molar-refractivity contribution in [3.8, 4) is 5.75 Å². The van der Waals surface area contributed by atoms with Crippen LogP contribution in [0.1, 0.15) is 46.9 Å². The maximum Gasteiger partial charge on any atom is 0.251 e. The zero-order valence-corrected chi connectivity index (χ0v) is 15.8. The second kappa shape index (κ2) is 9.04. The van der Waals surface area contributed by atoms with Gasteiger partial charge < -0.3 is 15.4 Å². The zero-order chi connectivity index (χ0) is 19.1. The summed E-state index contributed by atoms with van der Waals surface area (Å²) in [6.45, 7) is 8.34. The van der Waals surface area contributed by atoms with Crippen molar-refractivity contribution in [3.05, 3.63) is 64.7 Å². The maximum absolute atomic E-state index is 12.2. The molecule has 1 unspecified atom stereocenters. The Balaban J connectivity index is 1.85. The number of rotatable bonds is 7. The highest BCUT2D eigenvalue weighted by atomic mass is 16.5. The van der Waals surface area contributed by atoms with E-state index in [1.54, 1.807) is 6.07 Å². The fraction of sp³-hybridized carbons (Fsp3) is 0.333. The average molecular weight is 354 g/mol. The Hall–Kier alpha value is -2.82. The normalized spacial score (nSPS) is 11.5. The van der Waals surface area contributed by atoms with Gasteiger partial charge in [-0.2, -0.15) is 0 Å². The van der Waals surface area contributed by atoms with Gasteiger partial charge in [-0.1, -0.05) is 18.2 Å². The maximum atomic E-state index is 12.2. The SMILES string of the molecule is CCOc1ccc(C(C)NC(=O)CNC(=O)c2ccc(C)c(C)c2)cc1. The molecule has 5 nitrogen and oxygen atoms in total. The molecule has 0 saturated carbocycles. The largest absolute Gasteiger partial charge is 0.494 e. The van der Waals surface area contributed by atoms with Gasteiger partial charge in [-0.25, -0.2) is 0 Å². The number of nitrogens with one attached hydrogen (secondary N) is 2. The average Bonchev–Trinajstić information content (AvgIpc) is 2.62. The number of amides is 2. The minimum atomic E-state index is -0.253. The molecule has 0 radical (unpaired) electrons. The first-order valence-electron chi connectivity index (χ1n) is 8.78. The van der Waals surface area contributed by atoms with Gasteiger partial charge in [0, 0.05) is 5.56 Å². The molecule has 26 heavy (non-hydrogen) atoms. The van der Waals surface area contributed by atoms with Gasteiger partial charge in [-0.3, -0.25) is 9.59 Å². The highest BCUT2D eigenvalue weighted by Crippen LogP contribution is 2.17. The zero-order valence-electron chi connectivity index (χ0n) is 15.8. The fourth-order valence-corrected chi connectivity index (χ4v) is 2.54. The van der Waals surface area contributed by atoms with E-state index in [0.29, 0.717) is 12.2 Å². The number of hydrogen-bond donors (Lipinski definition) is 2. The first kappa shape index (κ1) is 19.5. The summed E-state index contributed by atoms with van der Waals surface area (Å²) < 4.78 is 5.41. The molecule has 2 N–H and O–H groups in total. The van der Waals surface area contributed by atoms with Crippen molar-refractivity contribution in [2.24, 2.45) is 0 Å². The van der Waals surface area contributed by atoms with Crippen LogP contribution in [0.3, 0.4) is 0 Å². The van der Waals surface area contributed by atoms with Gasteiger partial charge in [0.05, 0.1) is 19.2 Å². The Morgan fingerprint density at radius 1 is 1.04 bits per heavy atom. The molecular formula is C21H26N2O3. The molecule has 0 spiro atoms. The van der Waals surface area contributed by atoms with E-state index >= 15 is 0 Å². The lowest BCUT2D eigenvalue weighted by Crippen LogP contribution is -2.38. The summed E-state index contributed by atoms with van der Waals surface area (Å²) in [6.07, 6.45) is 0. The van der Waals surface area contributed by atoms with Crippen LogP contribution in [-0.4, -0.2) is 25.0 Å². The van der Waals surface area contributed by atoms with Crippen LogP contribution in [0.4, 0.5) is 0 Å².